The van der Waals surface area contributed by atoms with E-state index >= 15 is 0 Å². The molecule has 3 rings (SSSR count). The van der Waals surface area contributed by atoms with Gasteiger partial charge in [0.15, 0.2) is 0 Å². The van der Waals surface area contributed by atoms with Gasteiger partial charge in [-0.15, -0.1) is 0 Å². The summed E-state index contributed by atoms with van der Waals surface area (Å²) < 4.78 is 13.0. The van der Waals surface area contributed by atoms with Crippen LogP contribution in [0.2, 0.25) is 0 Å². The van der Waals surface area contributed by atoms with Gasteiger partial charge in [0, 0.05) is 31.0 Å². The second-order valence-corrected chi connectivity index (χ2v) is 5.78. The van der Waals surface area contributed by atoms with Crippen LogP contribution in [0.4, 0.5) is 10.1 Å². The highest BCUT2D eigenvalue weighted by Crippen LogP contribution is 2.22. The second-order valence-electron chi connectivity index (χ2n) is 5.78. The molecule has 0 bridgehead atoms. The van der Waals surface area contributed by atoms with Crippen LogP contribution in [0.15, 0.2) is 48.8 Å². The number of likely N-dealkylation sites (tertiary alicyclic amines) is 1. The lowest BCUT2D eigenvalue weighted by molar-refractivity contribution is -0.142. The van der Waals surface area contributed by atoms with Crippen molar-refractivity contribution in [3.8, 4) is 0 Å². The molecule has 0 spiro atoms. The molecular weight excluding hydrogens is 309 g/mol. The number of halogens is 1. The molecule has 124 valence electrons. The van der Waals surface area contributed by atoms with E-state index in [1.807, 2.05) is 0 Å². The summed E-state index contributed by atoms with van der Waals surface area (Å²) in [6.45, 7) is 0.299. The van der Waals surface area contributed by atoms with Crippen molar-refractivity contribution >= 4 is 17.5 Å². The summed E-state index contributed by atoms with van der Waals surface area (Å²) in [5.41, 5.74) is 1.45. The third-order valence-corrected chi connectivity index (χ3v) is 4.08. The normalized spacial score (nSPS) is 17.6. The summed E-state index contributed by atoms with van der Waals surface area (Å²) in [6.07, 6.45) is 4.92. The van der Waals surface area contributed by atoms with Crippen molar-refractivity contribution in [3.63, 3.8) is 0 Å². The molecule has 1 aliphatic heterocycles. The minimum absolute atomic E-state index is 0.0551. The van der Waals surface area contributed by atoms with Gasteiger partial charge in [-0.1, -0.05) is 12.1 Å². The van der Waals surface area contributed by atoms with Crippen LogP contribution < -0.4 is 5.32 Å². The maximum Gasteiger partial charge on any atom is 0.247 e. The molecule has 5 nitrogen and oxygen atoms in total. The number of carbonyl (C=O) groups excluding carboxylic acids is 2. The lowest BCUT2D eigenvalue weighted by Crippen LogP contribution is -2.49. The molecule has 2 amide bonds. The van der Waals surface area contributed by atoms with E-state index in [2.05, 4.69) is 10.3 Å². The van der Waals surface area contributed by atoms with Gasteiger partial charge in [-0.05, 0) is 42.7 Å². The van der Waals surface area contributed by atoms with Crippen LogP contribution in [0.1, 0.15) is 24.8 Å². The Labute approximate surface area is 139 Å². The van der Waals surface area contributed by atoms with E-state index in [9.17, 15) is 14.0 Å². The molecule has 1 aromatic carbocycles. The van der Waals surface area contributed by atoms with Crippen molar-refractivity contribution in [1.82, 2.24) is 9.88 Å². The molecule has 24 heavy (non-hydrogen) atoms. The average Bonchev–Trinajstić information content (AvgIpc) is 2.59. The van der Waals surface area contributed by atoms with Crippen LogP contribution in [0, 0.1) is 5.82 Å². The fourth-order valence-electron chi connectivity index (χ4n) is 2.84. The lowest BCUT2D eigenvalue weighted by Gasteiger charge is -2.34. The summed E-state index contributed by atoms with van der Waals surface area (Å²) >= 11 is 0. The molecule has 0 radical (unpaired) electrons. The largest absolute Gasteiger partial charge is 0.326 e. The van der Waals surface area contributed by atoms with Crippen LogP contribution >= 0.6 is 0 Å². The van der Waals surface area contributed by atoms with E-state index in [-0.39, 0.29) is 17.6 Å². The van der Waals surface area contributed by atoms with E-state index in [4.69, 9.17) is 0 Å². The molecule has 0 saturated carbocycles. The first-order valence-corrected chi connectivity index (χ1v) is 7.88. The van der Waals surface area contributed by atoms with Gasteiger partial charge in [0.1, 0.15) is 11.9 Å². The van der Waals surface area contributed by atoms with E-state index in [1.54, 1.807) is 41.6 Å². The average molecular weight is 327 g/mol. The van der Waals surface area contributed by atoms with E-state index in [1.165, 1.54) is 12.1 Å². The Balaban J connectivity index is 1.75. The Bertz CT molecular complexity index is 719. The van der Waals surface area contributed by atoms with E-state index in [0.717, 1.165) is 5.56 Å². The number of hydrogen-bond donors (Lipinski definition) is 1. The summed E-state index contributed by atoms with van der Waals surface area (Å²) in [7, 11) is 0. The molecule has 1 fully saturated rings. The topological polar surface area (TPSA) is 62.3 Å². The fraction of sp³-hybridized carbons (Fsp3) is 0.278. The Morgan fingerprint density at radius 1 is 1.21 bits per heavy atom. The number of benzene rings is 1. The highest BCUT2D eigenvalue weighted by atomic mass is 19.1. The van der Waals surface area contributed by atoms with Gasteiger partial charge in [-0.25, -0.2) is 4.39 Å². The summed E-state index contributed by atoms with van der Waals surface area (Å²) in [6, 6.07) is 8.86. The number of nitrogens with zero attached hydrogens (tertiary/aromatic N) is 2. The lowest BCUT2D eigenvalue weighted by atomic mass is 9.99. The van der Waals surface area contributed by atoms with Gasteiger partial charge in [-0.3, -0.25) is 14.6 Å². The molecular formula is C18H18FN3O2. The van der Waals surface area contributed by atoms with E-state index < -0.39 is 6.04 Å². The second kappa shape index (κ2) is 7.21. The van der Waals surface area contributed by atoms with Crippen LogP contribution in [0.5, 0.6) is 0 Å². The predicted octanol–water partition coefficient (Wildman–Crippen LogP) is 2.74. The van der Waals surface area contributed by atoms with Gasteiger partial charge >= 0.3 is 0 Å². The standard InChI is InChI=1S/C18H18FN3O2/c19-14-6-4-13(5-7-14)12-22-16(2-1-3-17(22)23)18(24)21-15-8-10-20-11-9-15/h4-11,16H,1-3,12H2,(H,20,21,24). The highest BCUT2D eigenvalue weighted by Gasteiger charge is 2.33. The quantitative estimate of drug-likeness (QED) is 0.939. The molecule has 1 atom stereocenters. The Morgan fingerprint density at radius 3 is 2.62 bits per heavy atom. The number of rotatable bonds is 4. The van der Waals surface area contributed by atoms with Gasteiger partial charge in [0.25, 0.3) is 0 Å². The van der Waals surface area contributed by atoms with Crippen molar-refractivity contribution < 1.29 is 14.0 Å². The molecule has 1 saturated heterocycles. The predicted molar refractivity (Wildman–Crippen MR) is 87.5 cm³/mol. The Kier molecular flexibility index (Phi) is 4.84. The minimum Gasteiger partial charge on any atom is -0.326 e. The third-order valence-electron chi connectivity index (χ3n) is 4.08. The zero-order valence-electron chi connectivity index (χ0n) is 13.1. The molecule has 1 unspecified atom stereocenters. The first-order valence-electron chi connectivity index (χ1n) is 7.88. The van der Waals surface area contributed by atoms with Gasteiger partial charge in [0.05, 0.1) is 0 Å². The summed E-state index contributed by atoms with van der Waals surface area (Å²) in [4.78, 5) is 30.4. The first-order chi connectivity index (χ1) is 11.6. The van der Waals surface area contributed by atoms with Gasteiger partial charge < -0.3 is 10.2 Å². The van der Waals surface area contributed by atoms with Crippen molar-refractivity contribution in [3.05, 3.63) is 60.2 Å². The third kappa shape index (κ3) is 3.76. The number of pyridine rings is 1. The highest BCUT2D eigenvalue weighted by molar-refractivity contribution is 5.97. The minimum atomic E-state index is -0.524. The number of piperidine rings is 1. The van der Waals surface area contributed by atoms with Gasteiger partial charge in [-0.2, -0.15) is 0 Å². The molecule has 2 aromatic rings. The molecule has 6 heteroatoms. The van der Waals surface area contributed by atoms with Crippen LogP contribution in [-0.2, 0) is 16.1 Å². The SMILES string of the molecule is O=C(Nc1ccncc1)C1CCCC(=O)N1Cc1ccc(F)cc1. The van der Waals surface area contributed by atoms with E-state index in [0.29, 0.717) is 31.5 Å². The smallest absolute Gasteiger partial charge is 0.247 e. The summed E-state index contributed by atoms with van der Waals surface area (Å²) in [5, 5.41) is 2.82. The zero-order valence-corrected chi connectivity index (χ0v) is 13.1. The number of anilines is 1. The fourth-order valence-corrected chi connectivity index (χ4v) is 2.84. The number of nitrogens with one attached hydrogen (secondary N) is 1. The molecule has 1 aromatic heterocycles. The summed E-state index contributed by atoms with van der Waals surface area (Å²) in [5.74, 6) is -0.590. The number of aromatic nitrogens is 1. The van der Waals surface area contributed by atoms with Crippen molar-refractivity contribution in [2.24, 2.45) is 0 Å². The number of carbonyl (C=O) groups is 2. The first kappa shape index (κ1) is 16.1. The molecule has 2 heterocycles. The molecule has 1 aliphatic rings. The number of hydrogen-bond acceptors (Lipinski definition) is 3. The van der Waals surface area contributed by atoms with Crippen LogP contribution in [-0.4, -0.2) is 27.7 Å². The van der Waals surface area contributed by atoms with Crippen LogP contribution in [0.3, 0.4) is 0 Å². The Morgan fingerprint density at radius 2 is 1.92 bits per heavy atom. The number of amides is 2. The Hall–Kier alpha value is -2.76. The van der Waals surface area contributed by atoms with Crippen molar-refractivity contribution in [1.29, 1.82) is 0 Å². The van der Waals surface area contributed by atoms with Crippen molar-refractivity contribution in [2.75, 3.05) is 5.32 Å². The van der Waals surface area contributed by atoms with Crippen LogP contribution in [0.25, 0.3) is 0 Å². The maximum absolute atomic E-state index is 13.0. The molecule has 0 aliphatic carbocycles. The maximum atomic E-state index is 13.0. The zero-order chi connectivity index (χ0) is 16.9. The van der Waals surface area contributed by atoms with Crippen molar-refractivity contribution in [2.45, 2.75) is 31.8 Å². The van der Waals surface area contributed by atoms with Gasteiger partial charge in [0.2, 0.25) is 11.8 Å². The molecule has 1 N–H and O–H groups in total. The monoisotopic (exact) mass is 327 g/mol.